The minimum Gasteiger partial charge on any atom is -0.365 e. The Hall–Kier alpha value is -2.08. The summed E-state index contributed by atoms with van der Waals surface area (Å²) in [5.74, 6) is 0. The molecule has 0 spiro atoms. The third-order valence-electron chi connectivity index (χ3n) is 2.74. The van der Waals surface area contributed by atoms with Crippen LogP contribution < -0.4 is 4.90 Å². The molecule has 0 radical (unpaired) electrons. The Labute approximate surface area is 115 Å². The minimum absolute atomic E-state index is 0.0736. The Balaban J connectivity index is 2.31. The van der Waals surface area contributed by atoms with Gasteiger partial charge in [0.2, 0.25) is 0 Å². The maximum Gasteiger partial charge on any atom is 0.310 e. The van der Waals surface area contributed by atoms with E-state index in [1.54, 1.807) is 35.0 Å². The standard InChI is InChI=1S/C12H13ClN4O2/c1-15(7-9-6-14-16(2)8-9)11-5-3-4-10(13)12(11)17(18)19/h3-6,8H,7H2,1-2H3. The number of aromatic nitrogens is 2. The molecule has 2 rings (SSSR count). The molecular weight excluding hydrogens is 268 g/mol. The van der Waals surface area contributed by atoms with Crippen molar-refractivity contribution in [3.8, 4) is 0 Å². The summed E-state index contributed by atoms with van der Waals surface area (Å²) in [6.45, 7) is 0.523. The van der Waals surface area contributed by atoms with E-state index in [-0.39, 0.29) is 10.7 Å². The second-order valence-electron chi connectivity index (χ2n) is 4.24. The quantitative estimate of drug-likeness (QED) is 0.638. The van der Waals surface area contributed by atoms with Crippen LogP contribution in [-0.4, -0.2) is 21.8 Å². The van der Waals surface area contributed by atoms with E-state index >= 15 is 0 Å². The van der Waals surface area contributed by atoms with Crippen molar-refractivity contribution < 1.29 is 4.92 Å². The second-order valence-corrected chi connectivity index (χ2v) is 4.65. The maximum absolute atomic E-state index is 11.1. The van der Waals surface area contributed by atoms with Crippen molar-refractivity contribution in [2.24, 2.45) is 7.05 Å². The van der Waals surface area contributed by atoms with Crippen LogP contribution in [0.5, 0.6) is 0 Å². The molecule has 0 aliphatic carbocycles. The van der Waals surface area contributed by atoms with Gasteiger partial charge in [-0.15, -0.1) is 0 Å². The van der Waals surface area contributed by atoms with Crippen molar-refractivity contribution in [2.45, 2.75) is 6.54 Å². The Kier molecular flexibility index (Phi) is 3.71. The van der Waals surface area contributed by atoms with Crippen LogP contribution in [0.4, 0.5) is 11.4 Å². The van der Waals surface area contributed by atoms with E-state index in [2.05, 4.69) is 5.10 Å². The molecule has 0 aliphatic rings. The first-order chi connectivity index (χ1) is 8.99. The van der Waals surface area contributed by atoms with Gasteiger partial charge in [-0.05, 0) is 12.1 Å². The first-order valence-corrected chi connectivity index (χ1v) is 5.98. The lowest BCUT2D eigenvalue weighted by molar-refractivity contribution is -0.384. The van der Waals surface area contributed by atoms with Crippen LogP contribution in [0.2, 0.25) is 5.02 Å². The summed E-state index contributed by atoms with van der Waals surface area (Å²) in [5, 5.41) is 15.3. The molecule has 0 bridgehead atoms. The zero-order valence-corrected chi connectivity index (χ0v) is 11.3. The topological polar surface area (TPSA) is 64.2 Å². The number of halogens is 1. The highest BCUT2D eigenvalue weighted by Gasteiger charge is 2.21. The lowest BCUT2D eigenvalue weighted by atomic mass is 10.2. The Morgan fingerprint density at radius 3 is 2.84 bits per heavy atom. The molecule has 100 valence electrons. The van der Waals surface area contributed by atoms with Crippen LogP contribution in [0.1, 0.15) is 5.56 Å². The minimum atomic E-state index is -0.461. The molecule has 19 heavy (non-hydrogen) atoms. The summed E-state index contributed by atoms with van der Waals surface area (Å²) >= 11 is 5.89. The lowest BCUT2D eigenvalue weighted by Gasteiger charge is -2.18. The van der Waals surface area contributed by atoms with Crippen molar-refractivity contribution in [1.29, 1.82) is 0 Å². The van der Waals surface area contributed by atoms with E-state index in [1.165, 1.54) is 6.07 Å². The molecule has 0 aliphatic heterocycles. The fourth-order valence-corrected chi connectivity index (χ4v) is 2.14. The zero-order valence-electron chi connectivity index (χ0n) is 10.6. The van der Waals surface area contributed by atoms with Crippen LogP contribution in [0.25, 0.3) is 0 Å². The van der Waals surface area contributed by atoms with E-state index in [1.807, 2.05) is 13.2 Å². The number of benzene rings is 1. The molecule has 0 N–H and O–H groups in total. The van der Waals surface area contributed by atoms with Gasteiger partial charge in [-0.1, -0.05) is 17.7 Å². The monoisotopic (exact) mass is 280 g/mol. The number of hydrogen-bond acceptors (Lipinski definition) is 4. The van der Waals surface area contributed by atoms with Gasteiger partial charge in [-0.2, -0.15) is 5.10 Å². The van der Waals surface area contributed by atoms with Gasteiger partial charge in [0, 0.05) is 32.4 Å². The van der Waals surface area contributed by atoms with Gasteiger partial charge in [-0.3, -0.25) is 14.8 Å². The summed E-state index contributed by atoms with van der Waals surface area (Å²) in [5.41, 5.74) is 1.39. The number of para-hydroxylation sites is 1. The van der Waals surface area contributed by atoms with Gasteiger partial charge >= 0.3 is 5.69 Å². The van der Waals surface area contributed by atoms with E-state index in [9.17, 15) is 10.1 Å². The largest absolute Gasteiger partial charge is 0.365 e. The Bertz CT molecular complexity index is 612. The SMILES string of the molecule is CN(Cc1cnn(C)c1)c1cccc(Cl)c1[N+](=O)[O-]. The first-order valence-electron chi connectivity index (χ1n) is 5.60. The van der Waals surface area contributed by atoms with Crippen molar-refractivity contribution in [2.75, 3.05) is 11.9 Å². The van der Waals surface area contributed by atoms with E-state index in [0.29, 0.717) is 12.2 Å². The molecule has 7 heteroatoms. The maximum atomic E-state index is 11.1. The fraction of sp³-hybridized carbons (Fsp3) is 0.250. The summed E-state index contributed by atoms with van der Waals surface area (Å²) in [6, 6.07) is 4.89. The van der Waals surface area contributed by atoms with Crippen LogP contribution in [0.15, 0.2) is 30.6 Å². The van der Waals surface area contributed by atoms with Gasteiger partial charge in [-0.25, -0.2) is 0 Å². The highest BCUT2D eigenvalue weighted by atomic mass is 35.5. The molecule has 0 unspecified atom stereocenters. The van der Waals surface area contributed by atoms with Gasteiger partial charge in [0.25, 0.3) is 0 Å². The lowest BCUT2D eigenvalue weighted by Crippen LogP contribution is -2.17. The molecule has 2 aromatic rings. The molecule has 0 saturated heterocycles. The van der Waals surface area contributed by atoms with E-state index in [4.69, 9.17) is 11.6 Å². The molecule has 6 nitrogen and oxygen atoms in total. The van der Waals surface area contributed by atoms with Gasteiger partial charge in [0.1, 0.15) is 10.7 Å². The highest BCUT2D eigenvalue weighted by Crippen LogP contribution is 2.34. The van der Waals surface area contributed by atoms with E-state index in [0.717, 1.165) is 5.56 Å². The Morgan fingerprint density at radius 2 is 2.26 bits per heavy atom. The number of nitrogens with zero attached hydrogens (tertiary/aromatic N) is 4. The first kappa shape index (κ1) is 13.4. The van der Waals surface area contributed by atoms with Crippen molar-refractivity contribution in [3.05, 3.63) is 51.3 Å². The molecule has 0 saturated carbocycles. The number of aryl methyl sites for hydroxylation is 1. The number of anilines is 1. The summed E-state index contributed by atoms with van der Waals surface area (Å²) in [7, 11) is 3.61. The second kappa shape index (κ2) is 5.27. The predicted molar refractivity (Wildman–Crippen MR) is 73.4 cm³/mol. The average molecular weight is 281 g/mol. The molecule has 0 amide bonds. The number of nitro benzene ring substituents is 1. The molecular formula is C12H13ClN4O2. The summed E-state index contributed by atoms with van der Waals surface area (Å²) < 4.78 is 1.69. The van der Waals surface area contributed by atoms with Crippen LogP contribution >= 0.6 is 11.6 Å². The molecule has 1 aromatic carbocycles. The van der Waals surface area contributed by atoms with Crippen LogP contribution in [0, 0.1) is 10.1 Å². The number of nitro groups is 1. The van der Waals surface area contributed by atoms with E-state index < -0.39 is 4.92 Å². The highest BCUT2D eigenvalue weighted by molar-refractivity contribution is 6.33. The summed E-state index contributed by atoms with van der Waals surface area (Å²) in [6.07, 6.45) is 3.60. The fourth-order valence-electron chi connectivity index (χ4n) is 1.91. The van der Waals surface area contributed by atoms with Crippen molar-refractivity contribution in [1.82, 2.24) is 9.78 Å². The summed E-state index contributed by atoms with van der Waals surface area (Å²) in [4.78, 5) is 12.4. The zero-order chi connectivity index (χ0) is 14.0. The van der Waals surface area contributed by atoms with Crippen molar-refractivity contribution in [3.63, 3.8) is 0 Å². The Morgan fingerprint density at radius 1 is 1.53 bits per heavy atom. The molecule has 1 heterocycles. The number of rotatable bonds is 4. The normalized spacial score (nSPS) is 10.5. The average Bonchev–Trinajstić information content (AvgIpc) is 2.73. The number of hydrogen-bond donors (Lipinski definition) is 0. The third kappa shape index (κ3) is 2.85. The van der Waals surface area contributed by atoms with Gasteiger partial charge < -0.3 is 4.90 Å². The van der Waals surface area contributed by atoms with Crippen molar-refractivity contribution >= 4 is 23.0 Å². The van der Waals surface area contributed by atoms with Crippen LogP contribution in [0.3, 0.4) is 0 Å². The molecule has 1 aromatic heterocycles. The molecule has 0 atom stereocenters. The smallest absolute Gasteiger partial charge is 0.310 e. The van der Waals surface area contributed by atoms with Crippen LogP contribution in [-0.2, 0) is 13.6 Å². The van der Waals surface area contributed by atoms with Gasteiger partial charge in [0.15, 0.2) is 0 Å². The van der Waals surface area contributed by atoms with Gasteiger partial charge in [0.05, 0.1) is 11.1 Å². The molecule has 0 fully saturated rings. The predicted octanol–water partition coefficient (Wildman–Crippen LogP) is 2.62. The third-order valence-corrected chi connectivity index (χ3v) is 3.04.